The van der Waals surface area contributed by atoms with Crippen molar-refractivity contribution in [2.75, 3.05) is 12.0 Å². The molecule has 1 heterocycles. The lowest BCUT2D eigenvalue weighted by molar-refractivity contribution is -0.132. The Morgan fingerprint density at radius 2 is 1.53 bits per heavy atom. The van der Waals surface area contributed by atoms with Crippen LogP contribution in [0.1, 0.15) is 22.7 Å². The molecule has 1 fully saturated rings. The number of amides is 1. The number of ketones is 1. The van der Waals surface area contributed by atoms with Gasteiger partial charge in [0.1, 0.15) is 23.0 Å². The summed E-state index contributed by atoms with van der Waals surface area (Å²) in [5.41, 5.74) is 2.25. The first-order valence-corrected chi connectivity index (χ1v) is 12.3. The van der Waals surface area contributed by atoms with Gasteiger partial charge in [-0.2, -0.15) is 0 Å². The molecule has 0 saturated carbocycles. The molecule has 0 radical (unpaired) electrons. The Labute approximate surface area is 225 Å². The molecule has 4 aromatic rings. The van der Waals surface area contributed by atoms with E-state index in [2.05, 4.69) is 0 Å². The number of para-hydroxylation sites is 1. The Bertz CT molecular complexity index is 1550. The predicted octanol–water partition coefficient (Wildman–Crippen LogP) is 7.08. The Balaban J connectivity index is 1.62. The molecule has 1 aliphatic rings. The number of rotatable bonds is 6. The zero-order valence-corrected chi connectivity index (χ0v) is 21.5. The SMILES string of the molecule is COc1ccc(Cl)c(/C(O)=C2\C(=O)C(=O)N(c3ccc(Oc4ccccc4)cc3)C2c2cccc(C)c2)c1. The van der Waals surface area contributed by atoms with E-state index in [1.165, 1.54) is 18.1 Å². The number of carbonyl (C=O) groups is 2. The van der Waals surface area contributed by atoms with E-state index in [0.29, 0.717) is 28.5 Å². The average Bonchev–Trinajstić information content (AvgIpc) is 3.20. The number of nitrogens with zero attached hydrogens (tertiary/aromatic N) is 1. The first-order chi connectivity index (χ1) is 18.4. The number of hydrogen-bond donors (Lipinski definition) is 1. The van der Waals surface area contributed by atoms with Crippen molar-refractivity contribution < 1.29 is 24.2 Å². The van der Waals surface area contributed by atoms with Crippen LogP contribution < -0.4 is 14.4 Å². The summed E-state index contributed by atoms with van der Waals surface area (Å²) in [5.74, 6) is -0.231. The van der Waals surface area contributed by atoms with E-state index in [1.807, 2.05) is 61.5 Å². The highest BCUT2D eigenvalue weighted by molar-refractivity contribution is 6.52. The Morgan fingerprint density at radius 1 is 0.842 bits per heavy atom. The summed E-state index contributed by atoms with van der Waals surface area (Å²) >= 11 is 6.39. The van der Waals surface area contributed by atoms with Crippen molar-refractivity contribution in [2.24, 2.45) is 0 Å². The fourth-order valence-corrected chi connectivity index (χ4v) is 4.72. The molecule has 1 saturated heterocycles. The van der Waals surface area contributed by atoms with Gasteiger partial charge in [-0.25, -0.2) is 0 Å². The number of aliphatic hydroxyl groups is 1. The van der Waals surface area contributed by atoms with Crippen LogP contribution in [0.5, 0.6) is 17.2 Å². The van der Waals surface area contributed by atoms with Gasteiger partial charge >= 0.3 is 0 Å². The highest BCUT2D eigenvalue weighted by Gasteiger charge is 2.47. The van der Waals surface area contributed by atoms with Crippen molar-refractivity contribution in [1.82, 2.24) is 0 Å². The van der Waals surface area contributed by atoms with Crippen LogP contribution in [0.2, 0.25) is 5.02 Å². The van der Waals surface area contributed by atoms with E-state index >= 15 is 0 Å². The van der Waals surface area contributed by atoms with Crippen molar-refractivity contribution in [3.63, 3.8) is 0 Å². The second kappa shape index (κ2) is 10.4. The normalized spacial score (nSPS) is 16.5. The molecule has 6 nitrogen and oxygen atoms in total. The van der Waals surface area contributed by atoms with E-state index in [1.54, 1.807) is 36.4 Å². The smallest absolute Gasteiger partial charge is 0.300 e. The van der Waals surface area contributed by atoms with E-state index in [4.69, 9.17) is 21.1 Å². The summed E-state index contributed by atoms with van der Waals surface area (Å²) in [6.07, 6.45) is 0. The molecular weight excluding hydrogens is 502 g/mol. The number of anilines is 1. The summed E-state index contributed by atoms with van der Waals surface area (Å²) in [6.45, 7) is 1.92. The van der Waals surface area contributed by atoms with Crippen molar-refractivity contribution in [1.29, 1.82) is 0 Å². The number of Topliss-reactive ketones (excluding diaryl/α,β-unsaturated/α-hetero) is 1. The number of hydrogen-bond acceptors (Lipinski definition) is 5. The maximum atomic E-state index is 13.4. The van der Waals surface area contributed by atoms with Gasteiger partial charge < -0.3 is 14.6 Å². The zero-order chi connectivity index (χ0) is 26.8. The molecule has 7 heteroatoms. The molecule has 4 aromatic carbocycles. The number of carbonyl (C=O) groups excluding carboxylic acids is 2. The van der Waals surface area contributed by atoms with Gasteiger partial charge in [0.15, 0.2) is 0 Å². The van der Waals surface area contributed by atoms with Gasteiger partial charge in [-0.05, 0) is 67.1 Å². The zero-order valence-electron chi connectivity index (χ0n) is 20.7. The highest BCUT2D eigenvalue weighted by Crippen LogP contribution is 2.44. The number of halogens is 1. The van der Waals surface area contributed by atoms with Crippen LogP contribution in [-0.2, 0) is 9.59 Å². The lowest BCUT2D eigenvalue weighted by Gasteiger charge is -2.26. The minimum atomic E-state index is -0.877. The number of methoxy groups -OCH3 is 1. The molecule has 1 amide bonds. The van der Waals surface area contributed by atoms with Gasteiger partial charge in [0.05, 0.1) is 23.7 Å². The summed E-state index contributed by atoms with van der Waals surface area (Å²) in [4.78, 5) is 28.3. The van der Waals surface area contributed by atoms with E-state index in [-0.39, 0.29) is 21.9 Å². The van der Waals surface area contributed by atoms with Crippen LogP contribution in [0, 0.1) is 6.92 Å². The van der Waals surface area contributed by atoms with E-state index < -0.39 is 17.7 Å². The fraction of sp³-hybridized carbons (Fsp3) is 0.0968. The third-order valence-corrected chi connectivity index (χ3v) is 6.65. The summed E-state index contributed by atoms with van der Waals surface area (Å²) in [7, 11) is 1.49. The predicted molar refractivity (Wildman–Crippen MR) is 147 cm³/mol. The molecule has 1 atom stereocenters. The van der Waals surface area contributed by atoms with Gasteiger partial charge in [-0.15, -0.1) is 0 Å². The van der Waals surface area contributed by atoms with Crippen LogP contribution in [0.25, 0.3) is 5.76 Å². The molecule has 0 aromatic heterocycles. The number of aryl methyl sites for hydroxylation is 1. The van der Waals surface area contributed by atoms with Gasteiger partial charge in [0.2, 0.25) is 0 Å². The Hall–Kier alpha value is -4.55. The maximum Gasteiger partial charge on any atom is 0.300 e. The maximum absolute atomic E-state index is 13.4. The largest absolute Gasteiger partial charge is 0.507 e. The highest BCUT2D eigenvalue weighted by atomic mass is 35.5. The molecule has 190 valence electrons. The summed E-state index contributed by atoms with van der Waals surface area (Å²) in [5, 5.41) is 11.6. The van der Waals surface area contributed by atoms with Crippen LogP contribution in [0.15, 0.2) is 103 Å². The van der Waals surface area contributed by atoms with Gasteiger partial charge in [-0.3, -0.25) is 14.5 Å². The van der Waals surface area contributed by atoms with E-state index in [0.717, 1.165) is 5.56 Å². The van der Waals surface area contributed by atoms with Crippen molar-refractivity contribution in [2.45, 2.75) is 13.0 Å². The minimum absolute atomic E-state index is 0.0552. The Kier molecular flexibility index (Phi) is 6.90. The van der Waals surface area contributed by atoms with Gasteiger partial charge in [-0.1, -0.05) is 59.6 Å². The molecular formula is C31H24ClNO5. The second-order valence-corrected chi connectivity index (χ2v) is 9.25. The third kappa shape index (κ3) is 4.74. The minimum Gasteiger partial charge on any atom is -0.507 e. The van der Waals surface area contributed by atoms with Crippen molar-refractivity contribution in [3.05, 3.63) is 124 Å². The van der Waals surface area contributed by atoms with Gasteiger partial charge in [0.25, 0.3) is 11.7 Å². The third-order valence-electron chi connectivity index (χ3n) is 6.32. The summed E-state index contributed by atoms with van der Waals surface area (Å²) in [6, 6.07) is 27.6. The number of benzene rings is 4. The number of aliphatic hydroxyl groups excluding tert-OH is 1. The molecule has 1 aliphatic heterocycles. The average molecular weight is 526 g/mol. The molecule has 1 N–H and O–H groups in total. The van der Waals surface area contributed by atoms with E-state index in [9.17, 15) is 14.7 Å². The monoisotopic (exact) mass is 525 g/mol. The molecule has 1 unspecified atom stereocenters. The fourth-order valence-electron chi connectivity index (χ4n) is 4.51. The lowest BCUT2D eigenvalue weighted by atomic mass is 9.94. The van der Waals surface area contributed by atoms with Crippen LogP contribution in [0.3, 0.4) is 0 Å². The molecule has 0 bridgehead atoms. The van der Waals surface area contributed by atoms with Crippen molar-refractivity contribution in [3.8, 4) is 17.2 Å². The molecule has 0 aliphatic carbocycles. The van der Waals surface area contributed by atoms with Gasteiger partial charge in [0, 0.05) is 11.3 Å². The van der Waals surface area contributed by atoms with Crippen LogP contribution >= 0.6 is 11.6 Å². The number of ether oxygens (including phenoxy) is 2. The van der Waals surface area contributed by atoms with Crippen LogP contribution in [0.4, 0.5) is 5.69 Å². The standard InChI is InChI=1S/C31H24ClNO5/c1-19-7-6-8-20(17-19)28-27(29(34)25-18-24(37-2)15-16-26(25)32)30(35)31(36)33(28)21-11-13-23(14-12-21)38-22-9-4-3-5-10-22/h3-18,28,34H,1-2H3/b29-27+. The first kappa shape index (κ1) is 25.1. The molecule has 5 rings (SSSR count). The lowest BCUT2D eigenvalue weighted by Crippen LogP contribution is -2.29. The molecule has 38 heavy (non-hydrogen) atoms. The first-order valence-electron chi connectivity index (χ1n) is 11.9. The second-order valence-electron chi connectivity index (χ2n) is 8.84. The van der Waals surface area contributed by atoms with Crippen molar-refractivity contribution >= 4 is 34.7 Å². The summed E-state index contributed by atoms with van der Waals surface area (Å²) < 4.78 is 11.2. The Morgan fingerprint density at radius 3 is 2.21 bits per heavy atom. The topological polar surface area (TPSA) is 76.1 Å². The van der Waals surface area contributed by atoms with Crippen LogP contribution in [-0.4, -0.2) is 23.9 Å². The molecule has 0 spiro atoms. The quantitative estimate of drug-likeness (QED) is 0.165.